The maximum Gasteiger partial charge on any atom is 0.216 e. The van der Waals surface area contributed by atoms with Crippen LogP contribution in [-0.2, 0) is 42.9 Å². The van der Waals surface area contributed by atoms with Crippen molar-refractivity contribution in [2.24, 2.45) is 5.41 Å². The minimum Gasteiger partial charge on any atom is -0.497 e. The molecule has 11 aromatic heterocycles. The maximum absolute atomic E-state index is 13.4. The van der Waals surface area contributed by atoms with E-state index in [1.165, 1.54) is 45.7 Å². The minimum atomic E-state index is -3.65. The van der Waals surface area contributed by atoms with Crippen molar-refractivity contribution >= 4 is 64.1 Å². The predicted octanol–water partition coefficient (Wildman–Crippen LogP) is 9.15. The van der Waals surface area contributed by atoms with Gasteiger partial charge in [-0.05, 0) is 119 Å². The Kier molecular flexibility index (Phi) is 28.4. The lowest BCUT2D eigenvalue weighted by molar-refractivity contribution is 0.200. The lowest BCUT2D eigenvalue weighted by Crippen LogP contribution is -2.50. The normalized spacial score (nSPS) is 15.0. The quantitative estimate of drug-likeness (QED) is 0.0521. The Morgan fingerprint density at radius 2 is 0.952 bits per heavy atom. The molecule has 1 unspecified atom stereocenters. The number of nitriles is 3. The van der Waals surface area contributed by atoms with Gasteiger partial charge in [0.25, 0.3) is 0 Å². The van der Waals surface area contributed by atoms with E-state index in [2.05, 4.69) is 98.8 Å². The summed E-state index contributed by atoms with van der Waals surface area (Å²) in [5, 5.41) is 51.9. The maximum atomic E-state index is 13.4. The van der Waals surface area contributed by atoms with E-state index in [-0.39, 0.29) is 55.4 Å². The number of hydrogen-bond acceptors (Lipinski definition) is 26. The van der Waals surface area contributed by atoms with E-state index in [9.17, 15) is 50.5 Å². The predicted molar refractivity (Wildman–Crippen MR) is 472 cm³/mol. The van der Waals surface area contributed by atoms with Crippen LogP contribution in [0.4, 0.5) is 21.8 Å². The van der Waals surface area contributed by atoms with Gasteiger partial charge in [-0.1, -0.05) is 29.7 Å². The number of rotatable bonds is 25. The number of ether oxygens (including phenoxy) is 4. The van der Waals surface area contributed by atoms with Crippen LogP contribution < -0.4 is 33.6 Å². The second kappa shape index (κ2) is 40.3. The fourth-order valence-corrected chi connectivity index (χ4v) is 19.6. The molecule has 0 bridgehead atoms. The molecule has 0 amide bonds. The molecule has 0 spiro atoms. The van der Waals surface area contributed by atoms with Crippen LogP contribution in [0.1, 0.15) is 80.0 Å². The Morgan fingerprint density at radius 1 is 0.500 bits per heavy atom. The molecule has 126 heavy (non-hydrogen) atoms. The summed E-state index contributed by atoms with van der Waals surface area (Å²) in [4.78, 5) is 32.0. The first-order valence-corrected chi connectivity index (χ1v) is 45.7. The van der Waals surface area contributed by atoms with Gasteiger partial charge in [0.2, 0.25) is 30.1 Å². The zero-order chi connectivity index (χ0) is 88.4. The van der Waals surface area contributed by atoms with Crippen LogP contribution in [0.2, 0.25) is 0 Å². The molecule has 1 aliphatic carbocycles. The van der Waals surface area contributed by atoms with Crippen LogP contribution in [0.25, 0.3) is 49.9 Å². The average molecular weight is 1760 g/mol. The van der Waals surface area contributed by atoms with Crippen LogP contribution in [0.5, 0.6) is 23.0 Å². The third-order valence-corrected chi connectivity index (χ3v) is 27.3. The van der Waals surface area contributed by atoms with Crippen molar-refractivity contribution < 1.29 is 53.7 Å². The molecule has 36 heteroatoms. The highest BCUT2D eigenvalue weighted by molar-refractivity contribution is 7.89. The van der Waals surface area contributed by atoms with Crippen molar-refractivity contribution in [3.63, 3.8) is 0 Å². The summed E-state index contributed by atoms with van der Waals surface area (Å²) in [6, 6.07) is 33.8. The van der Waals surface area contributed by atoms with E-state index in [1.54, 1.807) is 80.7 Å². The Hall–Kier alpha value is -13.7. The molecule has 4 aliphatic rings. The summed E-state index contributed by atoms with van der Waals surface area (Å²) in [6.07, 6.45) is 22.7. The molecule has 1 N–H and O–H groups in total. The number of pyridine rings is 7. The summed E-state index contributed by atoms with van der Waals surface area (Å²) in [6.45, 7) is 12.3. The molecule has 1 atom stereocenters. The van der Waals surface area contributed by atoms with Crippen LogP contribution in [0.3, 0.4) is 0 Å². The van der Waals surface area contributed by atoms with Gasteiger partial charge in [0.15, 0.2) is 0 Å². The Labute approximate surface area is 730 Å². The summed E-state index contributed by atoms with van der Waals surface area (Å²) < 4.78 is 123. The van der Waals surface area contributed by atoms with Gasteiger partial charge in [-0.2, -0.15) is 44.0 Å². The number of aliphatic hydroxyl groups is 1. The first kappa shape index (κ1) is 88.6. The van der Waals surface area contributed by atoms with Crippen molar-refractivity contribution in [3.8, 4) is 110 Å². The van der Waals surface area contributed by atoms with Crippen molar-refractivity contribution in [2.75, 3.05) is 137 Å². The number of methoxy groups -OCH3 is 1. The van der Waals surface area contributed by atoms with Crippen LogP contribution >= 0.6 is 0 Å². The van der Waals surface area contributed by atoms with Gasteiger partial charge >= 0.3 is 0 Å². The molecule has 646 valence electrons. The van der Waals surface area contributed by atoms with E-state index in [0.717, 1.165) is 80.6 Å². The Balaban J connectivity index is 0.000000153. The number of sulfonamides is 3. The molecule has 0 radical (unpaired) electrons. The number of hydrogen-bond donors (Lipinski definition) is 1. The van der Waals surface area contributed by atoms with Gasteiger partial charge in [-0.3, -0.25) is 4.98 Å². The van der Waals surface area contributed by atoms with Crippen molar-refractivity contribution in [2.45, 2.75) is 65.4 Å². The Bertz CT molecular complexity index is 6600. The monoisotopic (exact) mass is 1760 g/mol. The van der Waals surface area contributed by atoms with Gasteiger partial charge in [-0.15, -0.1) is 11.8 Å². The number of fused-ring (bicyclic) bond motifs is 3. The number of aromatic nitrogens is 12. The third-order valence-electron chi connectivity index (χ3n) is 21.4. The summed E-state index contributed by atoms with van der Waals surface area (Å²) in [5.41, 5.74) is 9.95. The highest BCUT2D eigenvalue weighted by Crippen LogP contribution is 2.47. The number of halogens is 1. The first-order chi connectivity index (χ1) is 61.1. The highest BCUT2D eigenvalue weighted by Gasteiger charge is 2.47. The van der Waals surface area contributed by atoms with Gasteiger partial charge in [0.05, 0.1) is 133 Å². The second-order valence-corrected chi connectivity index (χ2v) is 35.9. The standard InChI is InChI=1S/C32H32N6O4S.C29H28FN7O3S.C29H30N8O4S/c1-3-42-28-18-29(31-26(19-33)21-35-38(31)22-28)25-7-8-30(34-20-25)36-13-15-37(16-14-36)43(39,40)23-32(11-12-32)10-9-24-5-4-6-27(17-24)41-2;1-2-40-26-17-27(29-23(18-31)20-34-37(29)21-26)22-7-8-28(33-19-22)35-11-13-36(14-12-35)41(38,39)15-5-3-4-6-25-16-24(30)9-10-32-25;1-2-41-26-13-27(29-24(14-30)18-34-37(29)19-26)23-7-8-28(33-17-23)35-9-11-36(12-10-35)42(39,40)20-25(38)6-4-3-5-22-15-31-21-32-16-22/h4-8,17-18,20-22H,3,11-16,23H2,1-2H3;7-10,16-17,19-21H,2,5-6,11-15H2,1H3;7-8,13,15-19,21,25,38H,2,5-6,9-12,20H2,1H3. The van der Waals surface area contributed by atoms with Gasteiger partial charge < -0.3 is 38.8 Å². The first-order valence-electron chi connectivity index (χ1n) is 40.9. The van der Waals surface area contributed by atoms with E-state index >= 15 is 0 Å². The fraction of sp³-hybridized carbons (Fsp3) is 0.333. The molecule has 4 fully saturated rings. The molecule has 3 saturated heterocycles. The topological polar surface area (TPSA) is 380 Å². The fourth-order valence-electron chi connectivity index (χ4n) is 14.8. The summed E-state index contributed by atoms with van der Waals surface area (Å²) >= 11 is 0. The number of aliphatic hydroxyl groups excluding tert-OH is 1. The number of nitrogens with zero attached hydrogens (tertiary/aromatic N) is 21. The van der Waals surface area contributed by atoms with Gasteiger partial charge in [-0.25, -0.2) is 68.1 Å². The van der Waals surface area contributed by atoms with Crippen molar-refractivity contribution in [3.05, 3.63) is 211 Å². The van der Waals surface area contributed by atoms with Crippen molar-refractivity contribution in [1.29, 1.82) is 15.8 Å². The Morgan fingerprint density at radius 3 is 1.37 bits per heavy atom. The number of anilines is 3. The molecule has 32 nitrogen and oxygen atoms in total. The largest absolute Gasteiger partial charge is 0.497 e. The molecule has 16 rings (SSSR count). The lowest BCUT2D eigenvalue weighted by atomic mass is 10.1. The van der Waals surface area contributed by atoms with E-state index in [0.29, 0.717) is 148 Å². The molecular formula is C90H90FN21O11S3. The third kappa shape index (κ3) is 21.7. The smallest absolute Gasteiger partial charge is 0.216 e. The van der Waals surface area contributed by atoms with Crippen LogP contribution in [0.15, 0.2) is 172 Å². The highest BCUT2D eigenvalue weighted by atomic mass is 32.2. The van der Waals surface area contributed by atoms with Crippen LogP contribution in [0, 0.1) is 80.7 Å². The van der Waals surface area contributed by atoms with Gasteiger partial charge in [0, 0.05) is 185 Å². The average Bonchev–Trinajstić information content (AvgIpc) is 1.59. The number of benzene rings is 1. The molecule has 12 aromatic rings. The van der Waals surface area contributed by atoms with E-state index in [1.807, 2.05) is 109 Å². The molecular weight excluding hydrogens is 1670 g/mol. The second-order valence-electron chi connectivity index (χ2n) is 29.8. The van der Waals surface area contributed by atoms with Crippen LogP contribution in [-0.4, -0.2) is 231 Å². The molecule has 3 aliphatic heterocycles. The lowest BCUT2D eigenvalue weighted by Gasteiger charge is -2.35. The van der Waals surface area contributed by atoms with Crippen molar-refractivity contribution in [1.82, 2.24) is 71.7 Å². The molecule has 1 saturated carbocycles. The van der Waals surface area contributed by atoms with E-state index < -0.39 is 41.6 Å². The number of piperazine rings is 3. The van der Waals surface area contributed by atoms with Gasteiger partial charge in [0.1, 0.15) is 70.8 Å². The summed E-state index contributed by atoms with van der Waals surface area (Å²) in [7, 11) is -8.95. The summed E-state index contributed by atoms with van der Waals surface area (Å²) in [5.74, 6) is 22.0. The van der Waals surface area contributed by atoms with E-state index in [4.69, 9.17) is 23.9 Å². The minimum absolute atomic E-state index is 0.0402. The molecule has 14 heterocycles. The zero-order valence-corrected chi connectivity index (χ0v) is 72.2. The SMILES string of the molecule is CCOc1cc(-c2ccc(N3CCN(S(=O)(=O)CC(O)CC#CCc4cncnc4)CC3)nc2)c2c(C#N)cnn2c1.CCOc1cc(-c2ccc(N3CCN(S(=O)(=O)CC4(C#Cc5cccc(OC)c5)CC4)CC3)nc2)c2c(C#N)cnn2c1.CCOc1cc(-c2ccc(N3CCN(S(=O)(=O)CCC#CCc4cc(F)ccn4)CC3)nc2)c2c(C#N)cnn2c1. The zero-order valence-electron chi connectivity index (χ0n) is 69.7. The molecule has 1 aromatic carbocycles.